The van der Waals surface area contributed by atoms with Crippen LogP contribution in [0.15, 0.2) is 15.8 Å². The first kappa shape index (κ1) is 23.9. The van der Waals surface area contributed by atoms with Gasteiger partial charge in [-0.3, -0.25) is 23.9 Å². The maximum absolute atomic E-state index is 12.5. The molecule has 0 saturated carbocycles. The quantitative estimate of drug-likeness (QED) is 0.402. The van der Waals surface area contributed by atoms with Gasteiger partial charge in [0.25, 0.3) is 5.56 Å². The lowest BCUT2D eigenvalue weighted by Crippen LogP contribution is -2.50. The third-order valence-electron chi connectivity index (χ3n) is 3.54. The van der Waals surface area contributed by atoms with E-state index in [0.29, 0.717) is 0 Å². The number of hydrogen-bond donors (Lipinski definition) is 4. The molecular formula is C17H27N5O7. The summed E-state index contributed by atoms with van der Waals surface area (Å²) in [6.07, 6.45) is 0.515. The number of aryl methyl sites for hydroxylation is 1. The van der Waals surface area contributed by atoms with E-state index in [0.717, 1.165) is 9.47 Å². The number of nitrogens with two attached hydrogens (primary N) is 1. The Kier molecular flexibility index (Phi) is 8.13. The number of alkyl carbamates (subject to hydrolysis) is 1. The smallest absolute Gasteiger partial charge is 0.407 e. The molecule has 0 saturated heterocycles. The number of carbonyl (C=O) groups excluding carboxylic acids is 2. The highest BCUT2D eigenvalue weighted by atomic mass is 16.6. The van der Waals surface area contributed by atoms with Crippen molar-refractivity contribution < 1.29 is 24.2 Å². The van der Waals surface area contributed by atoms with E-state index in [1.54, 1.807) is 20.8 Å². The molecule has 1 aromatic rings. The van der Waals surface area contributed by atoms with E-state index in [2.05, 4.69) is 10.3 Å². The zero-order chi connectivity index (χ0) is 22.4. The molecule has 29 heavy (non-hydrogen) atoms. The molecule has 0 bridgehead atoms. The predicted molar refractivity (Wildman–Crippen MR) is 102 cm³/mol. The molecule has 0 spiro atoms. The summed E-state index contributed by atoms with van der Waals surface area (Å²) in [4.78, 5) is 61.5. The highest BCUT2D eigenvalue weighted by Gasteiger charge is 2.22. The first-order valence-electron chi connectivity index (χ1n) is 8.81. The van der Waals surface area contributed by atoms with Crippen molar-refractivity contribution in [2.75, 3.05) is 19.6 Å². The Morgan fingerprint density at radius 2 is 1.97 bits per heavy atom. The van der Waals surface area contributed by atoms with Gasteiger partial charge in [-0.2, -0.15) is 0 Å². The number of aromatic nitrogens is 2. The van der Waals surface area contributed by atoms with Crippen LogP contribution in [0.1, 0.15) is 26.3 Å². The van der Waals surface area contributed by atoms with Gasteiger partial charge in [0.2, 0.25) is 5.91 Å². The molecule has 0 radical (unpaired) electrons. The van der Waals surface area contributed by atoms with Crippen LogP contribution in [0.3, 0.4) is 0 Å². The second-order valence-corrected chi connectivity index (χ2v) is 7.51. The highest BCUT2D eigenvalue weighted by molar-refractivity contribution is 5.81. The minimum atomic E-state index is -1.27. The summed E-state index contributed by atoms with van der Waals surface area (Å²) in [7, 11) is 0. The second kappa shape index (κ2) is 9.87. The standard InChI is InChI=1S/C17H27N5O7/c1-10-6-22(15(27)20-14(10)26)8-12(23)21(9-13(24)25)7-11(18)5-19-16(28)29-17(2,3)4/h6,11H,5,7-9,18H2,1-4H3,(H,19,28)(H,24,25)(H,20,26,27). The van der Waals surface area contributed by atoms with E-state index in [9.17, 15) is 24.0 Å². The van der Waals surface area contributed by atoms with E-state index < -0.39 is 54.0 Å². The Balaban J connectivity index is 2.78. The summed E-state index contributed by atoms with van der Waals surface area (Å²) in [6.45, 7) is 5.19. The third-order valence-corrected chi connectivity index (χ3v) is 3.54. The fourth-order valence-electron chi connectivity index (χ4n) is 2.28. The predicted octanol–water partition coefficient (Wildman–Crippen LogP) is -1.39. The maximum Gasteiger partial charge on any atom is 0.407 e. The Morgan fingerprint density at radius 3 is 2.52 bits per heavy atom. The van der Waals surface area contributed by atoms with Crippen LogP contribution in [-0.4, -0.2) is 68.8 Å². The lowest BCUT2D eigenvalue weighted by Gasteiger charge is -2.25. The van der Waals surface area contributed by atoms with Gasteiger partial charge in [0.15, 0.2) is 0 Å². The van der Waals surface area contributed by atoms with Gasteiger partial charge in [0.05, 0.1) is 0 Å². The van der Waals surface area contributed by atoms with Crippen molar-refractivity contribution in [3.8, 4) is 0 Å². The number of carbonyl (C=O) groups is 3. The molecule has 0 aromatic carbocycles. The number of aromatic amines is 1. The van der Waals surface area contributed by atoms with Crippen molar-refractivity contribution in [3.05, 3.63) is 32.6 Å². The largest absolute Gasteiger partial charge is 0.480 e. The molecule has 162 valence electrons. The molecule has 0 aliphatic heterocycles. The topological polar surface area (TPSA) is 177 Å². The molecule has 1 rings (SSSR count). The van der Waals surface area contributed by atoms with Crippen LogP contribution in [0.25, 0.3) is 0 Å². The summed E-state index contributed by atoms with van der Waals surface area (Å²) in [6, 6.07) is -0.778. The van der Waals surface area contributed by atoms with Crippen molar-refractivity contribution in [1.82, 2.24) is 19.8 Å². The Morgan fingerprint density at radius 1 is 1.34 bits per heavy atom. The molecule has 12 nitrogen and oxygen atoms in total. The fraction of sp³-hybridized carbons (Fsp3) is 0.588. The highest BCUT2D eigenvalue weighted by Crippen LogP contribution is 2.06. The van der Waals surface area contributed by atoms with E-state index in [4.69, 9.17) is 15.6 Å². The SMILES string of the molecule is Cc1cn(CC(=O)N(CC(=O)O)CC(N)CNC(=O)OC(C)(C)C)c(=O)[nH]c1=O. The van der Waals surface area contributed by atoms with Crippen LogP contribution in [0.5, 0.6) is 0 Å². The van der Waals surface area contributed by atoms with Crippen molar-refractivity contribution in [2.45, 2.75) is 45.9 Å². The number of nitrogens with zero attached hydrogens (tertiary/aromatic N) is 2. The summed E-state index contributed by atoms with van der Waals surface area (Å²) >= 11 is 0. The number of carboxylic acids is 1. The van der Waals surface area contributed by atoms with E-state index in [1.807, 2.05) is 0 Å². The zero-order valence-corrected chi connectivity index (χ0v) is 16.9. The normalized spacial score (nSPS) is 12.2. The van der Waals surface area contributed by atoms with Crippen LogP contribution >= 0.6 is 0 Å². The van der Waals surface area contributed by atoms with Crippen molar-refractivity contribution >= 4 is 18.0 Å². The van der Waals surface area contributed by atoms with Crippen molar-refractivity contribution in [2.24, 2.45) is 5.73 Å². The number of amides is 2. The van der Waals surface area contributed by atoms with E-state index in [-0.39, 0.29) is 18.7 Å². The second-order valence-electron chi connectivity index (χ2n) is 7.51. The number of H-pyrrole nitrogens is 1. The average molecular weight is 413 g/mol. The van der Waals surface area contributed by atoms with Gasteiger partial charge < -0.3 is 25.8 Å². The number of hydrogen-bond acceptors (Lipinski definition) is 7. The van der Waals surface area contributed by atoms with Gasteiger partial charge >= 0.3 is 17.8 Å². The molecule has 1 aromatic heterocycles. The molecule has 0 aliphatic rings. The summed E-state index contributed by atoms with van der Waals surface area (Å²) < 4.78 is 6.04. The van der Waals surface area contributed by atoms with Crippen LogP contribution in [0.2, 0.25) is 0 Å². The Hall–Kier alpha value is -3.15. The summed E-state index contributed by atoms with van der Waals surface area (Å²) in [5.41, 5.74) is 4.06. The van der Waals surface area contributed by atoms with Gasteiger partial charge in [-0.15, -0.1) is 0 Å². The summed E-state index contributed by atoms with van der Waals surface area (Å²) in [5.74, 6) is -1.95. The first-order chi connectivity index (χ1) is 13.3. The van der Waals surface area contributed by atoms with Gasteiger partial charge in [-0.1, -0.05) is 0 Å². The van der Waals surface area contributed by atoms with Gasteiger partial charge in [-0.25, -0.2) is 9.59 Å². The van der Waals surface area contributed by atoms with Crippen LogP contribution in [0.4, 0.5) is 4.79 Å². The monoisotopic (exact) mass is 413 g/mol. The molecule has 5 N–H and O–H groups in total. The van der Waals surface area contributed by atoms with Crippen LogP contribution < -0.4 is 22.3 Å². The Bertz CT molecular complexity index is 868. The molecule has 1 atom stereocenters. The maximum atomic E-state index is 12.5. The van der Waals surface area contributed by atoms with Crippen LogP contribution in [0, 0.1) is 6.92 Å². The van der Waals surface area contributed by atoms with Crippen molar-refractivity contribution in [3.63, 3.8) is 0 Å². The number of aliphatic carboxylic acids is 1. The molecule has 0 fully saturated rings. The summed E-state index contributed by atoms with van der Waals surface area (Å²) in [5, 5.41) is 11.5. The molecule has 0 aliphatic carbocycles. The number of nitrogens with one attached hydrogen (secondary N) is 2. The molecule has 12 heteroatoms. The first-order valence-corrected chi connectivity index (χ1v) is 8.81. The Labute approximate surface area is 166 Å². The minimum absolute atomic E-state index is 0.0595. The number of ether oxygens (including phenoxy) is 1. The van der Waals surface area contributed by atoms with Crippen LogP contribution in [-0.2, 0) is 20.9 Å². The zero-order valence-electron chi connectivity index (χ0n) is 16.9. The third kappa shape index (κ3) is 8.60. The lowest BCUT2D eigenvalue weighted by atomic mass is 10.2. The molecule has 1 unspecified atom stereocenters. The van der Waals surface area contributed by atoms with Crippen molar-refractivity contribution in [1.29, 1.82) is 0 Å². The lowest BCUT2D eigenvalue weighted by molar-refractivity contribution is -0.144. The minimum Gasteiger partial charge on any atom is -0.480 e. The van der Waals surface area contributed by atoms with E-state index >= 15 is 0 Å². The average Bonchev–Trinajstić information content (AvgIpc) is 2.55. The van der Waals surface area contributed by atoms with Gasteiger partial charge in [0.1, 0.15) is 18.7 Å². The molecular weight excluding hydrogens is 386 g/mol. The number of rotatable bonds is 8. The number of carboxylic acid groups (broad SMARTS) is 1. The fourth-order valence-corrected chi connectivity index (χ4v) is 2.28. The van der Waals surface area contributed by atoms with Gasteiger partial charge in [-0.05, 0) is 27.7 Å². The van der Waals surface area contributed by atoms with Gasteiger partial charge in [0, 0.05) is 30.9 Å². The van der Waals surface area contributed by atoms with E-state index in [1.165, 1.54) is 13.1 Å². The molecule has 1 heterocycles. The molecule has 2 amide bonds.